The van der Waals surface area contributed by atoms with Crippen molar-refractivity contribution in [3.63, 3.8) is 0 Å². The maximum Gasteiger partial charge on any atom is 0.270 e. The van der Waals surface area contributed by atoms with Gasteiger partial charge in [0.25, 0.3) is 5.69 Å². The molecule has 2 aromatic rings. The van der Waals surface area contributed by atoms with E-state index in [0.29, 0.717) is 30.0 Å². The lowest BCUT2D eigenvalue weighted by Crippen LogP contribution is -2.24. The quantitative estimate of drug-likeness (QED) is 0.248. The smallest absolute Gasteiger partial charge is 0.270 e. The van der Waals surface area contributed by atoms with E-state index in [4.69, 9.17) is 14.9 Å². The van der Waals surface area contributed by atoms with Gasteiger partial charge in [-0.2, -0.15) is 0 Å². The van der Waals surface area contributed by atoms with Gasteiger partial charge in [0.1, 0.15) is 6.73 Å². The summed E-state index contributed by atoms with van der Waals surface area (Å²) in [5, 5.41) is 19.6. The van der Waals surface area contributed by atoms with Gasteiger partial charge in [0, 0.05) is 43.1 Å². The van der Waals surface area contributed by atoms with Gasteiger partial charge in [0.05, 0.1) is 23.8 Å². The van der Waals surface area contributed by atoms with E-state index in [1.807, 2.05) is 30.1 Å². The summed E-state index contributed by atoms with van der Waals surface area (Å²) in [6.45, 7) is 1.22. The van der Waals surface area contributed by atoms with Crippen molar-refractivity contribution in [2.24, 2.45) is 0 Å². The predicted molar refractivity (Wildman–Crippen MR) is 96.6 cm³/mol. The Bertz CT molecular complexity index is 734. The molecule has 0 heterocycles. The van der Waals surface area contributed by atoms with Gasteiger partial charge in [0.2, 0.25) is 0 Å². The summed E-state index contributed by atoms with van der Waals surface area (Å²) in [7, 11) is 3.42. The zero-order chi connectivity index (χ0) is 18.2. The predicted octanol–water partition coefficient (Wildman–Crippen LogP) is 3.07. The number of hydrogen-bond acceptors (Lipinski definition) is 6. The monoisotopic (exact) mass is 343 g/mol. The summed E-state index contributed by atoms with van der Waals surface area (Å²) >= 11 is 0. The standard InChI is InChI=1S/C18H21N3O4/c1-20(13-25-11-10-24-2)17-9-8-15(21(22)23)12-16(17)18(19)14-6-4-3-5-7-14/h3-9,12,19H,10-11,13H2,1-2H3. The molecule has 0 spiro atoms. The van der Waals surface area contributed by atoms with Crippen LogP contribution in [-0.2, 0) is 9.47 Å². The number of nitro groups is 1. The molecule has 0 aliphatic heterocycles. The Kier molecular flexibility index (Phi) is 6.62. The number of anilines is 1. The van der Waals surface area contributed by atoms with Gasteiger partial charge < -0.3 is 14.4 Å². The average Bonchev–Trinajstić information content (AvgIpc) is 2.64. The first-order valence-corrected chi connectivity index (χ1v) is 7.75. The minimum absolute atomic E-state index is 0.0480. The van der Waals surface area contributed by atoms with Crippen LogP contribution in [0, 0.1) is 15.5 Å². The van der Waals surface area contributed by atoms with Crippen LogP contribution in [0.2, 0.25) is 0 Å². The minimum atomic E-state index is -0.458. The minimum Gasteiger partial charge on any atom is -0.382 e. The van der Waals surface area contributed by atoms with Gasteiger partial charge in [-0.05, 0) is 6.07 Å². The van der Waals surface area contributed by atoms with Crippen molar-refractivity contribution in [3.05, 3.63) is 69.8 Å². The molecule has 0 aromatic heterocycles. The molecule has 0 saturated heterocycles. The number of non-ortho nitro benzene ring substituents is 1. The Labute approximate surface area is 146 Å². The summed E-state index contributed by atoms with van der Waals surface area (Å²) in [6, 6.07) is 13.6. The third kappa shape index (κ3) is 4.85. The van der Waals surface area contributed by atoms with Crippen molar-refractivity contribution >= 4 is 17.1 Å². The largest absolute Gasteiger partial charge is 0.382 e. The van der Waals surface area contributed by atoms with Gasteiger partial charge in [-0.1, -0.05) is 30.3 Å². The highest BCUT2D eigenvalue weighted by molar-refractivity contribution is 6.14. The van der Waals surface area contributed by atoms with Crippen LogP contribution in [-0.4, -0.2) is 44.7 Å². The zero-order valence-electron chi connectivity index (χ0n) is 14.3. The second-order valence-electron chi connectivity index (χ2n) is 5.43. The lowest BCUT2D eigenvalue weighted by atomic mass is 10.00. The van der Waals surface area contributed by atoms with E-state index >= 15 is 0 Å². The van der Waals surface area contributed by atoms with Crippen LogP contribution in [0.1, 0.15) is 11.1 Å². The fraction of sp³-hybridized carbons (Fsp3) is 0.278. The molecule has 0 amide bonds. The number of benzene rings is 2. The Morgan fingerprint density at radius 2 is 1.92 bits per heavy atom. The van der Waals surface area contributed by atoms with Crippen molar-refractivity contribution in [1.82, 2.24) is 0 Å². The molecule has 0 atom stereocenters. The van der Waals surface area contributed by atoms with Gasteiger partial charge >= 0.3 is 0 Å². The first-order valence-electron chi connectivity index (χ1n) is 7.75. The second kappa shape index (κ2) is 8.91. The molecular weight excluding hydrogens is 322 g/mol. The molecule has 0 bridgehead atoms. The zero-order valence-corrected chi connectivity index (χ0v) is 14.3. The van der Waals surface area contributed by atoms with Gasteiger partial charge in [-0.15, -0.1) is 0 Å². The van der Waals surface area contributed by atoms with Crippen LogP contribution < -0.4 is 4.90 Å². The fourth-order valence-electron chi connectivity index (χ4n) is 2.34. The molecule has 1 N–H and O–H groups in total. The highest BCUT2D eigenvalue weighted by Crippen LogP contribution is 2.27. The fourth-order valence-corrected chi connectivity index (χ4v) is 2.34. The molecule has 2 aromatic carbocycles. The highest BCUT2D eigenvalue weighted by atomic mass is 16.6. The van der Waals surface area contributed by atoms with Gasteiger partial charge in [-0.25, -0.2) is 0 Å². The first-order chi connectivity index (χ1) is 12.0. The maximum absolute atomic E-state index is 11.1. The normalized spacial score (nSPS) is 10.5. The molecule has 7 nitrogen and oxygen atoms in total. The number of nitrogens with one attached hydrogen (secondary N) is 1. The SMILES string of the molecule is COCCOCN(C)c1ccc([N+](=O)[O-])cc1C(=N)c1ccccc1. The Hall–Kier alpha value is -2.77. The number of ether oxygens (including phenoxy) is 2. The van der Waals surface area contributed by atoms with Crippen molar-refractivity contribution in [2.75, 3.05) is 39.0 Å². The Balaban J connectivity index is 2.32. The van der Waals surface area contributed by atoms with Crippen molar-refractivity contribution in [2.45, 2.75) is 0 Å². The molecule has 132 valence electrons. The van der Waals surface area contributed by atoms with E-state index in [-0.39, 0.29) is 18.1 Å². The summed E-state index contributed by atoms with van der Waals surface area (Å²) < 4.78 is 10.4. The highest BCUT2D eigenvalue weighted by Gasteiger charge is 2.18. The third-order valence-electron chi connectivity index (χ3n) is 3.65. The van der Waals surface area contributed by atoms with E-state index < -0.39 is 4.92 Å². The summed E-state index contributed by atoms with van der Waals surface area (Å²) in [4.78, 5) is 12.5. The van der Waals surface area contributed by atoms with Crippen LogP contribution in [0.3, 0.4) is 0 Å². The van der Waals surface area contributed by atoms with Crippen LogP contribution in [0.5, 0.6) is 0 Å². The summed E-state index contributed by atoms with van der Waals surface area (Å²) in [5.41, 5.74) is 2.05. The van der Waals surface area contributed by atoms with Crippen LogP contribution >= 0.6 is 0 Å². The lowest BCUT2D eigenvalue weighted by molar-refractivity contribution is -0.384. The van der Waals surface area contributed by atoms with Crippen molar-refractivity contribution in [1.29, 1.82) is 5.41 Å². The topological polar surface area (TPSA) is 88.7 Å². The van der Waals surface area contributed by atoms with E-state index in [0.717, 1.165) is 0 Å². The Morgan fingerprint density at radius 1 is 1.20 bits per heavy atom. The number of hydrogen-bond donors (Lipinski definition) is 1. The molecule has 0 unspecified atom stereocenters. The van der Waals surface area contributed by atoms with Crippen molar-refractivity contribution in [3.8, 4) is 0 Å². The van der Waals surface area contributed by atoms with Crippen molar-refractivity contribution < 1.29 is 14.4 Å². The molecule has 0 radical (unpaired) electrons. The van der Waals surface area contributed by atoms with Crippen LogP contribution in [0.4, 0.5) is 11.4 Å². The third-order valence-corrected chi connectivity index (χ3v) is 3.65. The van der Waals surface area contributed by atoms with E-state index in [2.05, 4.69) is 0 Å². The number of nitrogens with zero attached hydrogens (tertiary/aromatic N) is 2. The van der Waals surface area contributed by atoms with E-state index in [1.165, 1.54) is 12.1 Å². The molecule has 0 aliphatic carbocycles. The average molecular weight is 343 g/mol. The number of methoxy groups -OCH3 is 1. The van der Waals surface area contributed by atoms with Gasteiger partial charge in [0.15, 0.2) is 0 Å². The molecule has 0 fully saturated rings. The Morgan fingerprint density at radius 3 is 2.56 bits per heavy atom. The molecule has 0 saturated carbocycles. The van der Waals surface area contributed by atoms with Crippen LogP contribution in [0.25, 0.3) is 0 Å². The molecule has 7 heteroatoms. The van der Waals surface area contributed by atoms with Crippen LogP contribution in [0.15, 0.2) is 48.5 Å². The summed E-state index contributed by atoms with van der Waals surface area (Å²) in [6.07, 6.45) is 0. The summed E-state index contributed by atoms with van der Waals surface area (Å²) in [5.74, 6) is 0. The molecule has 2 rings (SSSR count). The van der Waals surface area contributed by atoms with Gasteiger partial charge in [-0.3, -0.25) is 15.5 Å². The second-order valence-corrected chi connectivity index (χ2v) is 5.43. The number of nitro benzene ring substituents is 1. The van der Waals surface area contributed by atoms with E-state index in [1.54, 1.807) is 25.3 Å². The van der Waals surface area contributed by atoms with E-state index in [9.17, 15) is 10.1 Å². The molecule has 25 heavy (non-hydrogen) atoms. The first kappa shape index (κ1) is 18.6. The molecule has 0 aliphatic rings. The maximum atomic E-state index is 11.1. The molecular formula is C18H21N3O4. The lowest BCUT2D eigenvalue weighted by Gasteiger charge is -2.22. The number of rotatable bonds is 9.